The van der Waals surface area contributed by atoms with Gasteiger partial charge in [0.2, 0.25) is 0 Å². The van der Waals surface area contributed by atoms with Crippen LogP contribution in [0.4, 0.5) is 5.69 Å². The Morgan fingerprint density at radius 2 is 1.65 bits per heavy atom. The van der Waals surface area contributed by atoms with E-state index in [1.54, 1.807) is 13.8 Å². The van der Waals surface area contributed by atoms with E-state index in [1.165, 1.54) is 0 Å². The van der Waals surface area contributed by atoms with Crippen molar-refractivity contribution in [3.63, 3.8) is 0 Å². The van der Waals surface area contributed by atoms with E-state index in [4.69, 9.17) is 9.47 Å². The number of allylic oxidation sites excluding steroid dienone is 3. The lowest BCUT2D eigenvalue weighted by molar-refractivity contribution is -0.153. The molecule has 0 bridgehead atoms. The molecule has 7 nitrogen and oxygen atoms in total. The molecule has 0 saturated heterocycles. The summed E-state index contributed by atoms with van der Waals surface area (Å²) in [6.07, 6.45) is 0.520. The number of nitrogens with zero attached hydrogens (tertiary/aromatic N) is 1. The van der Waals surface area contributed by atoms with Crippen LogP contribution in [0.1, 0.15) is 59.4 Å². The predicted molar refractivity (Wildman–Crippen MR) is 131 cm³/mol. The topological polar surface area (TPSA) is 84.9 Å². The standard InChI is InChI=1S/C27H36N2O5/c1-7-29(8-2)19-13-11-18(12-14-19)23-22(27(32)34-10-4)17(6)28-20-15-16(5)21(25(30)24(20)23)26(31)33-9-3/h11-14,16,21,23,28H,7-10,15H2,1-6H3. The highest BCUT2D eigenvalue weighted by molar-refractivity contribution is 6.12. The van der Waals surface area contributed by atoms with E-state index in [9.17, 15) is 14.4 Å². The molecule has 1 aromatic carbocycles. The number of ketones is 1. The van der Waals surface area contributed by atoms with Crippen molar-refractivity contribution in [1.29, 1.82) is 0 Å². The number of nitrogens with one attached hydrogen (secondary N) is 1. The van der Waals surface area contributed by atoms with E-state index >= 15 is 0 Å². The van der Waals surface area contributed by atoms with Crippen molar-refractivity contribution in [2.75, 3.05) is 31.2 Å². The summed E-state index contributed by atoms with van der Waals surface area (Å²) in [5.41, 5.74) is 4.19. The monoisotopic (exact) mass is 468 g/mol. The van der Waals surface area contributed by atoms with Crippen molar-refractivity contribution >= 4 is 23.4 Å². The molecule has 1 aliphatic heterocycles. The molecule has 3 rings (SSSR count). The fourth-order valence-corrected chi connectivity index (χ4v) is 5.06. The van der Waals surface area contributed by atoms with E-state index in [0.29, 0.717) is 23.3 Å². The second kappa shape index (κ2) is 10.9. The smallest absolute Gasteiger partial charge is 0.336 e. The van der Waals surface area contributed by atoms with Gasteiger partial charge < -0.3 is 19.7 Å². The minimum atomic E-state index is -0.889. The second-order valence-corrected chi connectivity index (χ2v) is 8.75. The van der Waals surface area contributed by atoms with Gasteiger partial charge in [0.15, 0.2) is 5.78 Å². The Balaban J connectivity index is 2.13. The first-order valence-electron chi connectivity index (χ1n) is 12.2. The number of ether oxygens (including phenoxy) is 2. The summed E-state index contributed by atoms with van der Waals surface area (Å²) in [6.45, 7) is 13.6. The average molecular weight is 469 g/mol. The van der Waals surface area contributed by atoms with Crippen LogP contribution in [-0.4, -0.2) is 44.0 Å². The Kier molecular flexibility index (Phi) is 8.18. The molecule has 1 aromatic rings. The number of hydrogen-bond donors (Lipinski definition) is 1. The van der Waals surface area contributed by atoms with Crippen LogP contribution in [0.15, 0.2) is 46.8 Å². The SMILES string of the molecule is CCOC(=O)C1=C(C)NC2=C(C(=O)C(C(=O)OCC)C(C)C2)C1c1ccc(N(CC)CC)cc1. The van der Waals surface area contributed by atoms with Crippen LogP contribution in [-0.2, 0) is 23.9 Å². The molecule has 184 valence electrons. The zero-order valence-corrected chi connectivity index (χ0v) is 21.1. The summed E-state index contributed by atoms with van der Waals surface area (Å²) in [5, 5.41) is 3.28. The van der Waals surface area contributed by atoms with Gasteiger partial charge in [-0.15, -0.1) is 0 Å². The predicted octanol–water partition coefficient (Wildman–Crippen LogP) is 4.10. The molecule has 0 radical (unpaired) electrons. The highest BCUT2D eigenvalue weighted by atomic mass is 16.5. The van der Waals surface area contributed by atoms with Crippen LogP contribution < -0.4 is 10.2 Å². The average Bonchev–Trinajstić information content (AvgIpc) is 2.79. The summed E-state index contributed by atoms with van der Waals surface area (Å²) in [7, 11) is 0. The molecule has 7 heteroatoms. The fourth-order valence-electron chi connectivity index (χ4n) is 5.06. The number of rotatable bonds is 8. The molecule has 0 saturated carbocycles. The van der Waals surface area contributed by atoms with Gasteiger partial charge >= 0.3 is 11.9 Å². The van der Waals surface area contributed by atoms with Crippen molar-refractivity contribution in [2.24, 2.45) is 11.8 Å². The molecule has 0 amide bonds. The van der Waals surface area contributed by atoms with Crippen LogP contribution in [0.25, 0.3) is 0 Å². The molecule has 0 aromatic heterocycles. The van der Waals surface area contributed by atoms with Gasteiger partial charge in [0.1, 0.15) is 5.92 Å². The van der Waals surface area contributed by atoms with Gasteiger partial charge in [0.25, 0.3) is 0 Å². The Morgan fingerprint density at radius 3 is 2.21 bits per heavy atom. The van der Waals surface area contributed by atoms with Gasteiger partial charge in [0.05, 0.1) is 18.8 Å². The summed E-state index contributed by atoms with van der Waals surface area (Å²) < 4.78 is 10.6. The summed E-state index contributed by atoms with van der Waals surface area (Å²) in [5.74, 6) is -2.97. The third-order valence-corrected chi connectivity index (χ3v) is 6.68. The van der Waals surface area contributed by atoms with Crippen LogP contribution in [0, 0.1) is 11.8 Å². The van der Waals surface area contributed by atoms with E-state index < -0.39 is 23.8 Å². The molecular formula is C27H36N2O5. The summed E-state index contributed by atoms with van der Waals surface area (Å²) in [6, 6.07) is 7.96. The Labute approximate surface area is 202 Å². The third-order valence-electron chi connectivity index (χ3n) is 6.68. The third kappa shape index (κ3) is 4.74. The lowest BCUT2D eigenvalue weighted by Gasteiger charge is -2.38. The van der Waals surface area contributed by atoms with Crippen molar-refractivity contribution in [3.05, 3.63) is 52.4 Å². The number of esters is 2. The number of hydrogen-bond acceptors (Lipinski definition) is 7. The highest BCUT2D eigenvalue weighted by Crippen LogP contribution is 2.45. The summed E-state index contributed by atoms with van der Waals surface area (Å²) in [4.78, 5) is 41.8. The first-order valence-corrected chi connectivity index (χ1v) is 12.2. The van der Waals surface area contributed by atoms with Gasteiger partial charge in [-0.25, -0.2) is 4.79 Å². The minimum absolute atomic E-state index is 0.208. The van der Waals surface area contributed by atoms with Gasteiger partial charge in [-0.3, -0.25) is 9.59 Å². The molecule has 34 heavy (non-hydrogen) atoms. The van der Waals surface area contributed by atoms with Crippen molar-refractivity contribution in [2.45, 2.75) is 53.9 Å². The van der Waals surface area contributed by atoms with Crippen molar-refractivity contribution in [3.8, 4) is 0 Å². The molecule has 0 spiro atoms. The van der Waals surface area contributed by atoms with Crippen LogP contribution in [0.5, 0.6) is 0 Å². The lowest BCUT2D eigenvalue weighted by Crippen LogP contribution is -2.43. The molecule has 1 aliphatic carbocycles. The Morgan fingerprint density at radius 1 is 1.03 bits per heavy atom. The quantitative estimate of drug-likeness (QED) is 0.454. The fraction of sp³-hybridized carbons (Fsp3) is 0.519. The van der Waals surface area contributed by atoms with Crippen LogP contribution in [0.3, 0.4) is 0 Å². The molecular weight excluding hydrogens is 432 g/mol. The number of carbonyl (C=O) groups excluding carboxylic acids is 3. The maximum atomic E-state index is 13.8. The first kappa shape index (κ1) is 25.5. The first-order chi connectivity index (χ1) is 16.3. The highest BCUT2D eigenvalue weighted by Gasteiger charge is 2.47. The molecule has 3 atom stereocenters. The number of Topliss-reactive ketones (excluding diaryl/α,β-unsaturated/α-hetero) is 1. The van der Waals surface area contributed by atoms with Gasteiger partial charge in [-0.1, -0.05) is 19.1 Å². The zero-order valence-electron chi connectivity index (χ0n) is 21.1. The molecule has 3 unspecified atom stereocenters. The van der Waals surface area contributed by atoms with Gasteiger partial charge in [-0.05, 0) is 64.7 Å². The molecule has 0 fully saturated rings. The normalized spacial score (nSPS) is 22.2. The second-order valence-electron chi connectivity index (χ2n) is 8.75. The minimum Gasteiger partial charge on any atom is -0.465 e. The number of anilines is 1. The number of carbonyl (C=O) groups is 3. The van der Waals surface area contributed by atoms with Crippen molar-refractivity contribution in [1.82, 2.24) is 5.32 Å². The van der Waals surface area contributed by atoms with E-state index in [1.807, 2.05) is 38.1 Å². The zero-order chi connectivity index (χ0) is 25.0. The lowest BCUT2D eigenvalue weighted by atomic mass is 9.69. The summed E-state index contributed by atoms with van der Waals surface area (Å²) >= 11 is 0. The Bertz CT molecular complexity index is 1000. The maximum absolute atomic E-state index is 13.8. The van der Waals surface area contributed by atoms with Crippen molar-refractivity contribution < 1.29 is 23.9 Å². The van der Waals surface area contributed by atoms with E-state index in [2.05, 4.69) is 24.1 Å². The number of benzene rings is 1. The van der Waals surface area contributed by atoms with Crippen LogP contribution in [0.2, 0.25) is 0 Å². The largest absolute Gasteiger partial charge is 0.465 e. The van der Waals surface area contributed by atoms with Crippen LogP contribution >= 0.6 is 0 Å². The van der Waals surface area contributed by atoms with Gasteiger partial charge in [0, 0.05) is 41.7 Å². The van der Waals surface area contributed by atoms with E-state index in [-0.39, 0.29) is 24.9 Å². The van der Waals surface area contributed by atoms with E-state index in [0.717, 1.165) is 30.0 Å². The molecule has 1 heterocycles. The molecule has 2 aliphatic rings. The Hall–Kier alpha value is -3.09. The molecule has 1 N–H and O–H groups in total. The maximum Gasteiger partial charge on any atom is 0.336 e. The van der Waals surface area contributed by atoms with Gasteiger partial charge in [-0.2, -0.15) is 0 Å². The number of dihydropyridines is 1.